The van der Waals surface area contributed by atoms with Crippen molar-refractivity contribution >= 4 is 27.2 Å². The zero-order valence-electron chi connectivity index (χ0n) is 15.1. The van der Waals surface area contributed by atoms with Crippen molar-refractivity contribution in [2.24, 2.45) is 5.92 Å². The van der Waals surface area contributed by atoms with Crippen molar-refractivity contribution in [1.82, 2.24) is 10.6 Å². The van der Waals surface area contributed by atoms with Gasteiger partial charge in [0.1, 0.15) is 0 Å². The topological polar surface area (TPSA) is 58.2 Å². The van der Waals surface area contributed by atoms with Crippen LogP contribution in [0.1, 0.15) is 58.1 Å². The van der Waals surface area contributed by atoms with Crippen molar-refractivity contribution in [1.29, 1.82) is 0 Å². The number of sulfone groups is 1. The minimum Gasteiger partial charge on any atom is -0.362 e. The standard InChI is InChI=1S/C18H30N2O2S2/c1-5-7-8-15(6-2)13-19-18(23)20-14(3)16-9-11-17(12-10-16)24(4,21)22/h9-12,14-15H,5-8,13H2,1-4H3,(H2,19,20,23)/t14-,15+/m1/s1. The summed E-state index contributed by atoms with van der Waals surface area (Å²) in [6.07, 6.45) is 6.07. The Labute approximate surface area is 152 Å². The Morgan fingerprint density at radius 3 is 2.33 bits per heavy atom. The summed E-state index contributed by atoms with van der Waals surface area (Å²) in [5.74, 6) is 0.647. The van der Waals surface area contributed by atoms with Crippen LogP contribution in [0.15, 0.2) is 29.2 Å². The van der Waals surface area contributed by atoms with Crippen LogP contribution in [0.4, 0.5) is 0 Å². The molecule has 6 heteroatoms. The van der Waals surface area contributed by atoms with Crippen LogP contribution in [-0.4, -0.2) is 26.3 Å². The number of hydrogen-bond donors (Lipinski definition) is 2. The molecule has 0 spiro atoms. The predicted octanol–water partition coefficient (Wildman–Crippen LogP) is 3.83. The Kier molecular flexibility index (Phi) is 8.70. The molecule has 0 aliphatic heterocycles. The molecule has 0 aromatic heterocycles. The summed E-state index contributed by atoms with van der Waals surface area (Å²) in [5.41, 5.74) is 1.00. The van der Waals surface area contributed by atoms with Crippen LogP contribution in [0.2, 0.25) is 0 Å². The van der Waals surface area contributed by atoms with Crippen LogP contribution < -0.4 is 10.6 Å². The van der Waals surface area contributed by atoms with Crippen molar-refractivity contribution in [3.05, 3.63) is 29.8 Å². The first-order valence-corrected chi connectivity index (χ1v) is 10.9. The zero-order valence-corrected chi connectivity index (χ0v) is 16.8. The summed E-state index contributed by atoms with van der Waals surface area (Å²) >= 11 is 5.38. The third-order valence-electron chi connectivity index (χ3n) is 4.25. The molecular formula is C18H30N2O2S2. The molecule has 136 valence electrons. The normalized spacial score (nSPS) is 14.0. The quantitative estimate of drug-likeness (QED) is 0.647. The van der Waals surface area contributed by atoms with Gasteiger partial charge < -0.3 is 10.6 Å². The number of benzene rings is 1. The summed E-state index contributed by atoms with van der Waals surface area (Å²) in [6, 6.07) is 6.95. The summed E-state index contributed by atoms with van der Waals surface area (Å²) < 4.78 is 23.0. The Bertz CT molecular complexity index is 612. The monoisotopic (exact) mass is 370 g/mol. The molecule has 0 bridgehead atoms. The average molecular weight is 371 g/mol. The smallest absolute Gasteiger partial charge is 0.175 e. The van der Waals surface area contributed by atoms with Gasteiger partial charge in [-0.1, -0.05) is 45.2 Å². The van der Waals surface area contributed by atoms with Gasteiger partial charge in [-0.3, -0.25) is 0 Å². The molecular weight excluding hydrogens is 340 g/mol. The zero-order chi connectivity index (χ0) is 18.2. The molecule has 0 saturated carbocycles. The van der Waals surface area contributed by atoms with Gasteiger partial charge in [0.05, 0.1) is 10.9 Å². The van der Waals surface area contributed by atoms with Crippen LogP contribution in [0, 0.1) is 5.92 Å². The molecule has 24 heavy (non-hydrogen) atoms. The van der Waals surface area contributed by atoms with E-state index in [0.29, 0.717) is 15.9 Å². The third kappa shape index (κ3) is 7.18. The number of hydrogen-bond acceptors (Lipinski definition) is 3. The molecule has 0 radical (unpaired) electrons. The molecule has 2 N–H and O–H groups in total. The van der Waals surface area contributed by atoms with E-state index in [1.54, 1.807) is 12.1 Å². The minimum absolute atomic E-state index is 0.0225. The van der Waals surface area contributed by atoms with E-state index in [9.17, 15) is 8.42 Å². The fourth-order valence-corrected chi connectivity index (χ4v) is 3.41. The lowest BCUT2D eigenvalue weighted by atomic mass is 9.99. The second kappa shape index (κ2) is 9.99. The van der Waals surface area contributed by atoms with Gasteiger partial charge in [0.25, 0.3) is 0 Å². The molecule has 0 heterocycles. The molecule has 0 fully saturated rings. The van der Waals surface area contributed by atoms with Gasteiger partial charge >= 0.3 is 0 Å². The first-order valence-electron chi connectivity index (χ1n) is 8.62. The number of thiocarbonyl (C=S) groups is 1. The maximum absolute atomic E-state index is 11.5. The van der Waals surface area contributed by atoms with Gasteiger partial charge in [-0.25, -0.2) is 8.42 Å². The van der Waals surface area contributed by atoms with E-state index in [4.69, 9.17) is 12.2 Å². The maximum Gasteiger partial charge on any atom is 0.175 e. The highest BCUT2D eigenvalue weighted by atomic mass is 32.2. The van der Waals surface area contributed by atoms with E-state index in [2.05, 4.69) is 24.5 Å². The molecule has 1 rings (SSSR count). The van der Waals surface area contributed by atoms with Crippen LogP contribution in [0.3, 0.4) is 0 Å². The molecule has 4 nitrogen and oxygen atoms in total. The minimum atomic E-state index is -3.16. The molecule has 1 aromatic rings. The number of nitrogens with one attached hydrogen (secondary N) is 2. The number of rotatable bonds is 9. The fourth-order valence-electron chi connectivity index (χ4n) is 2.52. The summed E-state index contributed by atoms with van der Waals surface area (Å²) in [7, 11) is -3.16. The highest BCUT2D eigenvalue weighted by Gasteiger charge is 2.11. The van der Waals surface area contributed by atoms with Crippen molar-refractivity contribution < 1.29 is 8.42 Å². The molecule has 0 unspecified atom stereocenters. The van der Waals surface area contributed by atoms with Crippen LogP contribution in [0.5, 0.6) is 0 Å². The van der Waals surface area contributed by atoms with Crippen molar-refractivity contribution in [2.75, 3.05) is 12.8 Å². The van der Waals surface area contributed by atoms with E-state index >= 15 is 0 Å². The summed E-state index contributed by atoms with van der Waals surface area (Å²) in [6.45, 7) is 7.33. The first kappa shape index (κ1) is 20.9. The maximum atomic E-state index is 11.5. The molecule has 0 aliphatic carbocycles. The van der Waals surface area contributed by atoms with Crippen LogP contribution >= 0.6 is 12.2 Å². The van der Waals surface area contributed by atoms with E-state index in [0.717, 1.165) is 18.5 Å². The van der Waals surface area contributed by atoms with Gasteiger partial charge in [0, 0.05) is 12.8 Å². The average Bonchev–Trinajstić information content (AvgIpc) is 2.54. The second-order valence-electron chi connectivity index (χ2n) is 6.33. The summed E-state index contributed by atoms with van der Waals surface area (Å²) in [4.78, 5) is 0.334. The van der Waals surface area contributed by atoms with E-state index in [1.165, 1.54) is 25.5 Å². The summed E-state index contributed by atoms with van der Waals surface area (Å²) in [5, 5.41) is 7.21. The van der Waals surface area contributed by atoms with Gasteiger partial charge in [0.2, 0.25) is 0 Å². The highest BCUT2D eigenvalue weighted by molar-refractivity contribution is 7.90. The predicted molar refractivity (Wildman–Crippen MR) is 105 cm³/mol. The SMILES string of the molecule is CCCC[C@H](CC)CNC(=S)N[C@H](C)c1ccc(S(C)(=O)=O)cc1. The van der Waals surface area contributed by atoms with E-state index < -0.39 is 9.84 Å². The lowest BCUT2D eigenvalue weighted by Gasteiger charge is -2.20. The van der Waals surface area contributed by atoms with Crippen LogP contribution in [-0.2, 0) is 9.84 Å². The lowest BCUT2D eigenvalue weighted by molar-refractivity contribution is 0.444. The molecule has 0 aliphatic rings. The van der Waals surface area contributed by atoms with E-state index in [1.807, 2.05) is 19.1 Å². The Balaban J connectivity index is 2.51. The van der Waals surface area contributed by atoms with Gasteiger partial charge in [-0.15, -0.1) is 0 Å². The van der Waals surface area contributed by atoms with Gasteiger partial charge in [-0.2, -0.15) is 0 Å². The molecule has 1 aromatic carbocycles. The van der Waals surface area contributed by atoms with Crippen LogP contribution in [0.25, 0.3) is 0 Å². The largest absolute Gasteiger partial charge is 0.362 e. The first-order chi connectivity index (χ1) is 11.3. The van der Waals surface area contributed by atoms with Gasteiger partial charge in [-0.05, 0) is 49.2 Å². The highest BCUT2D eigenvalue weighted by Crippen LogP contribution is 2.16. The number of unbranched alkanes of at least 4 members (excludes halogenated alkanes) is 1. The molecule has 0 saturated heterocycles. The third-order valence-corrected chi connectivity index (χ3v) is 5.64. The van der Waals surface area contributed by atoms with Crippen molar-refractivity contribution in [3.63, 3.8) is 0 Å². The van der Waals surface area contributed by atoms with E-state index in [-0.39, 0.29) is 6.04 Å². The molecule has 0 amide bonds. The Morgan fingerprint density at radius 1 is 1.21 bits per heavy atom. The van der Waals surface area contributed by atoms with Crippen molar-refractivity contribution in [2.45, 2.75) is 57.4 Å². The second-order valence-corrected chi connectivity index (χ2v) is 8.76. The lowest BCUT2D eigenvalue weighted by Crippen LogP contribution is -2.39. The van der Waals surface area contributed by atoms with Gasteiger partial charge in [0.15, 0.2) is 14.9 Å². The fraction of sp³-hybridized carbons (Fsp3) is 0.611. The Hall–Kier alpha value is -1.14. The molecule has 2 atom stereocenters. The Morgan fingerprint density at radius 2 is 1.83 bits per heavy atom. The van der Waals surface area contributed by atoms with Crippen molar-refractivity contribution in [3.8, 4) is 0 Å².